The SMILES string of the molecule is CC(C)c1nc(CN2CCCCC2C(=O)O)cs1. The first-order valence-corrected chi connectivity index (χ1v) is 7.37. The van der Waals surface area contributed by atoms with Gasteiger partial charge in [-0.15, -0.1) is 11.3 Å². The van der Waals surface area contributed by atoms with Crippen molar-refractivity contribution in [3.8, 4) is 0 Å². The van der Waals surface area contributed by atoms with Crippen molar-refractivity contribution in [2.45, 2.75) is 51.6 Å². The van der Waals surface area contributed by atoms with E-state index in [-0.39, 0.29) is 6.04 Å². The third kappa shape index (κ3) is 3.09. The maximum absolute atomic E-state index is 11.2. The van der Waals surface area contributed by atoms with Crippen molar-refractivity contribution in [3.05, 3.63) is 16.1 Å². The molecule has 1 N–H and O–H groups in total. The molecule has 0 saturated carbocycles. The quantitative estimate of drug-likeness (QED) is 0.912. The van der Waals surface area contributed by atoms with Crippen molar-refractivity contribution in [2.75, 3.05) is 6.54 Å². The van der Waals surface area contributed by atoms with Gasteiger partial charge in [-0.1, -0.05) is 20.3 Å². The maximum Gasteiger partial charge on any atom is 0.320 e. The zero-order valence-electron chi connectivity index (χ0n) is 10.9. The van der Waals surface area contributed by atoms with E-state index in [0.717, 1.165) is 36.5 Å². The van der Waals surface area contributed by atoms with E-state index in [9.17, 15) is 9.90 Å². The van der Waals surface area contributed by atoms with Gasteiger partial charge in [0.25, 0.3) is 0 Å². The average Bonchev–Trinajstić information content (AvgIpc) is 2.78. The van der Waals surface area contributed by atoms with E-state index in [1.165, 1.54) is 0 Å². The highest BCUT2D eigenvalue weighted by Crippen LogP contribution is 2.23. The topological polar surface area (TPSA) is 53.4 Å². The fraction of sp³-hybridized carbons (Fsp3) is 0.692. The van der Waals surface area contributed by atoms with Crippen molar-refractivity contribution in [1.82, 2.24) is 9.88 Å². The molecule has 18 heavy (non-hydrogen) atoms. The number of thiazole rings is 1. The van der Waals surface area contributed by atoms with Gasteiger partial charge < -0.3 is 5.11 Å². The molecule has 1 aromatic heterocycles. The van der Waals surface area contributed by atoms with Crippen LogP contribution in [0.2, 0.25) is 0 Å². The Balaban J connectivity index is 2.03. The Bertz CT molecular complexity index is 417. The van der Waals surface area contributed by atoms with Crippen molar-refractivity contribution in [3.63, 3.8) is 0 Å². The lowest BCUT2D eigenvalue weighted by Gasteiger charge is -2.32. The van der Waals surface area contributed by atoms with Crippen LogP contribution in [0.25, 0.3) is 0 Å². The standard InChI is InChI=1S/C13H20N2O2S/c1-9(2)12-14-10(8-18-12)7-15-6-4-3-5-11(15)13(16)17/h8-9,11H,3-7H2,1-2H3,(H,16,17). The third-order valence-electron chi connectivity index (χ3n) is 3.33. The predicted octanol–water partition coefficient (Wildman–Crippen LogP) is 2.71. The molecule has 0 aliphatic carbocycles. The van der Waals surface area contributed by atoms with Gasteiger partial charge in [-0.3, -0.25) is 9.69 Å². The molecule has 1 unspecified atom stereocenters. The highest BCUT2D eigenvalue weighted by Gasteiger charge is 2.28. The van der Waals surface area contributed by atoms with E-state index in [4.69, 9.17) is 0 Å². The molecule has 0 spiro atoms. The molecule has 1 fully saturated rings. The number of piperidine rings is 1. The molecule has 0 aromatic carbocycles. The van der Waals surface area contributed by atoms with Crippen LogP contribution in [0.5, 0.6) is 0 Å². The summed E-state index contributed by atoms with van der Waals surface area (Å²) in [5.41, 5.74) is 1.01. The summed E-state index contributed by atoms with van der Waals surface area (Å²) < 4.78 is 0. The number of aromatic nitrogens is 1. The highest BCUT2D eigenvalue weighted by molar-refractivity contribution is 7.09. The molecule has 2 rings (SSSR count). The summed E-state index contributed by atoms with van der Waals surface area (Å²) in [7, 11) is 0. The van der Waals surface area contributed by atoms with Crippen LogP contribution in [0.15, 0.2) is 5.38 Å². The van der Waals surface area contributed by atoms with E-state index < -0.39 is 5.97 Å². The van der Waals surface area contributed by atoms with Crippen LogP contribution < -0.4 is 0 Å². The lowest BCUT2D eigenvalue weighted by Crippen LogP contribution is -2.44. The maximum atomic E-state index is 11.2. The number of likely N-dealkylation sites (tertiary alicyclic amines) is 1. The molecule has 1 atom stereocenters. The van der Waals surface area contributed by atoms with Gasteiger partial charge in [-0.2, -0.15) is 0 Å². The fourth-order valence-electron chi connectivity index (χ4n) is 2.33. The molecule has 1 aliphatic heterocycles. The smallest absolute Gasteiger partial charge is 0.320 e. The van der Waals surface area contributed by atoms with Gasteiger partial charge >= 0.3 is 5.97 Å². The van der Waals surface area contributed by atoms with E-state index >= 15 is 0 Å². The van der Waals surface area contributed by atoms with Gasteiger partial charge in [-0.25, -0.2) is 4.98 Å². The molecular weight excluding hydrogens is 248 g/mol. The molecule has 5 heteroatoms. The summed E-state index contributed by atoms with van der Waals surface area (Å²) in [6.07, 6.45) is 2.86. The summed E-state index contributed by atoms with van der Waals surface area (Å²) in [5, 5.41) is 12.4. The number of rotatable bonds is 4. The zero-order chi connectivity index (χ0) is 13.1. The molecule has 2 heterocycles. The van der Waals surface area contributed by atoms with Gasteiger partial charge in [0.2, 0.25) is 0 Å². The molecular formula is C13H20N2O2S. The lowest BCUT2D eigenvalue weighted by molar-refractivity contribution is -0.144. The number of carboxylic acids is 1. The Morgan fingerprint density at radius 2 is 2.39 bits per heavy atom. The second-order valence-corrected chi connectivity index (χ2v) is 6.04. The van der Waals surface area contributed by atoms with Gasteiger partial charge in [0.05, 0.1) is 10.7 Å². The monoisotopic (exact) mass is 268 g/mol. The van der Waals surface area contributed by atoms with Crippen LogP contribution >= 0.6 is 11.3 Å². The highest BCUT2D eigenvalue weighted by atomic mass is 32.1. The first-order valence-electron chi connectivity index (χ1n) is 6.49. The average molecular weight is 268 g/mol. The molecule has 0 radical (unpaired) electrons. The zero-order valence-corrected chi connectivity index (χ0v) is 11.7. The predicted molar refractivity (Wildman–Crippen MR) is 71.9 cm³/mol. The summed E-state index contributed by atoms with van der Waals surface area (Å²) in [6.45, 7) is 5.79. The van der Waals surface area contributed by atoms with E-state index in [1.807, 2.05) is 4.90 Å². The summed E-state index contributed by atoms with van der Waals surface area (Å²) >= 11 is 1.67. The molecule has 0 amide bonds. The van der Waals surface area contributed by atoms with Crippen LogP contribution in [0.4, 0.5) is 0 Å². The van der Waals surface area contributed by atoms with Crippen LogP contribution in [0.3, 0.4) is 0 Å². The number of aliphatic carboxylic acids is 1. The number of hydrogen-bond acceptors (Lipinski definition) is 4. The van der Waals surface area contributed by atoms with Crippen molar-refractivity contribution < 1.29 is 9.90 Å². The van der Waals surface area contributed by atoms with Crippen molar-refractivity contribution in [1.29, 1.82) is 0 Å². The van der Waals surface area contributed by atoms with Crippen molar-refractivity contribution >= 4 is 17.3 Å². The minimum atomic E-state index is -0.700. The third-order valence-corrected chi connectivity index (χ3v) is 4.52. The van der Waals surface area contributed by atoms with Gasteiger partial charge in [0.15, 0.2) is 0 Å². The van der Waals surface area contributed by atoms with Crippen molar-refractivity contribution in [2.24, 2.45) is 0 Å². The minimum absolute atomic E-state index is 0.331. The molecule has 4 nitrogen and oxygen atoms in total. The van der Waals surface area contributed by atoms with E-state index in [0.29, 0.717) is 12.5 Å². The first-order chi connectivity index (χ1) is 8.58. The Morgan fingerprint density at radius 1 is 1.61 bits per heavy atom. The Labute approximate surface area is 112 Å². The number of carbonyl (C=O) groups is 1. The summed E-state index contributed by atoms with van der Waals surface area (Å²) in [6, 6.07) is -0.331. The summed E-state index contributed by atoms with van der Waals surface area (Å²) in [5.74, 6) is -0.255. The molecule has 100 valence electrons. The second kappa shape index (κ2) is 5.80. The lowest BCUT2D eigenvalue weighted by atomic mass is 10.0. The molecule has 1 aliphatic rings. The number of hydrogen-bond donors (Lipinski definition) is 1. The summed E-state index contributed by atoms with van der Waals surface area (Å²) in [4.78, 5) is 17.8. The molecule has 1 aromatic rings. The Morgan fingerprint density at radius 3 is 3.00 bits per heavy atom. The number of carboxylic acid groups (broad SMARTS) is 1. The van der Waals surface area contributed by atoms with Crippen LogP contribution in [0, 0.1) is 0 Å². The first kappa shape index (κ1) is 13.5. The normalized spacial score (nSPS) is 21.4. The van der Waals surface area contributed by atoms with Crippen LogP contribution in [-0.4, -0.2) is 33.5 Å². The molecule has 0 bridgehead atoms. The van der Waals surface area contributed by atoms with Gasteiger partial charge in [0.1, 0.15) is 6.04 Å². The fourth-order valence-corrected chi connectivity index (χ4v) is 3.15. The Kier molecular flexibility index (Phi) is 4.35. The largest absolute Gasteiger partial charge is 0.480 e. The van der Waals surface area contributed by atoms with Gasteiger partial charge in [0, 0.05) is 17.8 Å². The van der Waals surface area contributed by atoms with E-state index in [1.54, 1.807) is 11.3 Å². The Hall–Kier alpha value is -0.940. The molecule has 1 saturated heterocycles. The van der Waals surface area contributed by atoms with Crippen LogP contribution in [-0.2, 0) is 11.3 Å². The van der Waals surface area contributed by atoms with Crippen LogP contribution in [0.1, 0.15) is 49.7 Å². The van der Waals surface area contributed by atoms with E-state index in [2.05, 4.69) is 24.2 Å². The second-order valence-electron chi connectivity index (χ2n) is 5.15. The number of nitrogens with zero attached hydrogens (tertiary/aromatic N) is 2. The van der Waals surface area contributed by atoms with Gasteiger partial charge in [-0.05, 0) is 19.4 Å². The minimum Gasteiger partial charge on any atom is -0.480 e.